The fourth-order valence-electron chi connectivity index (χ4n) is 9.59. The van der Waals surface area contributed by atoms with E-state index in [2.05, 4.69) is 231 Å². The predicted octanol–water partition coefficient (Wildman–Crippen LogP) is 17.3. The summed E-state index contributed by atoms with van der Waals surface area (Å²) >= 11 is 3.43. The first-order chi connectivity index (χ1) is 33.7. The fourth-order valence-corrected chi connectivity index (χ4v) is 11.7. The molecule has 4 heterocycles. The van der Waals surface area contributed by atoms with E-state index in [-0.39, 0.29) is 0 Å². The van der Waals surface area contributed by atoms with E-state index >= 15 is 0 Å². The van der Waals surface area contributed by atoms with Crippen molar-refractivity contribution >= 4 is 63.3 Å². The first-order valence-electron chi connectivity index (χ1n) is 22.7. The van der Waals surface area contributed by atoms with Crippen molar-refractivity contribution in [1.82, 2.24) is 19.9 Å². The molecule has 13 rings (SSSR count). The molecule has 6 heteroatoms. The number of hydrogen-bond donors (Lipinski definition) is 0. The van der Waals surface area contributed by atoms with Crippen LogP contribution in [-0.2, 0) is 0 Å². The molecular formula is C62H38N4S2. The van der Waals surface area contributed by atoms with Crippen molar-refractivity contribution in [2.75, 3.05) is 0 Å². The Morgan fingerprint density at radius 3 is 0.926 bits per heavy atom. The van der Waals surface area contributed by atoms with Crippen molar-refractivity contribution in [3.8, 4) is 89.8 Å². The van der Waals surface area contributed by atoms with Crippen molar-refractivity contribution in [3.63, 3.8) is 0 Å². The second kappa shape index (κ2) is 16.8. The van der Waals surface area contributed by atoms with Crippen LogP contribution in [0.25, 0.3) is 130 Å². The minimum atomic E-state index is 0.686. The zero-order valence-corrected chi connectivity index (χ0v) is 38.2. The molecule has 0 fully saturated rings. The molecule has 0 saturated carbocycles. The summed E-state index contributed by atoms with van der Waals surface area (Å²) in [6, 6.07) is 81.5. The van der Waals surface area contributed by atoms with Gasteiger partial charge in [-0.1, -0.05) is 218 Å². The van der Waals surface area contributed by atoms with Gasteiger partial charge in [-0.2, -0.15) is 0 Å². The number of thiophene rings is 2. The highest BCUT2D eigenvalue weighted by Gasteiger charge is 2.23. The SMILES string of the molecule is c1ccc(-c2ccc(-c3nc(-c4ccccc4-c4ccccc4-c4ccccc4-c4nc(-c5ccc(-c6ccccc6)cc5)c5c(n4)sc4ccccc45)nc4sc5ccccc5c34)cc2)cc1. The Morgan fingerprint density at radius 2 is 0.529 bits per heavy atom. The van der Waals surface area contributed by atoms with E-state index in [1.807, 2.05) is 0 Å². The lowest BCUT2D eigenvalue weighted by Crippen LogP contribution is -1.98. The highest BCUT2D eigenvalue weighted by atomic mass is 32.1. The van der Waals surface area contributed by atoms with Crippen LogP contribution >= 0.6 is 22.7 Å². The van der Waals surface area contributed by atoms with Crippen LogP contribution in [0.2, 0.25) is 0 Å². The minimum Gasteiger partial charge on any atom is -0.227 e. The van der Waals surface area contributed by atoms with Crippen LogP contribution in [-0.4, -0.2) is 19.9 Å². The molecule has 0 unspecified atom stereocenters. The molecule has 0 amide bonds. The molecule has 4 nitrogen and oxygen atoms in total. The van der Waals surface area contributed by atoms with Crippen LogP contribution in [0, 0.1) is 0 Å². The maximum Gasteiger partial charge on any atom is 0.162 e. The number of benzene rings is 9. The van der Waals surface area contributed by atoms with Gasteiger partial charge >= 0.3 is 0 Å². The van der Waals surface area contributed by atoms with Crippen LogP contribution in [0.5, 0.6) is 0 Å². The Labute approximate surface area is 401 Å². The Bertz CT molecular complexity index is 3740. The Hall–Kier alpha value is -8.42. The monoisotopic (exact) mass is 902 g/mol. The van der Waals surface area contributed by atoms with Gasteiger partial charge in [0, 0.05) is 53.2 Å². The molecule has 0 atom stereocenters. The van der Waals surface area contributed by atoms with Crippen LogP contribution in [0.3, 0.4) is 0 Å². The molecule has 0 aliphatic carbocycles. The minimum absolute atomic E-state index is 0.686. The largest absolute Gasteiger partial charge is 0.227 e. The summed E-state index contributed by atoms with van der Waals surface area (Å²) in [4.78, 5) is 23.7. The third-order valence-electron chi connectivity index (χ3n) is 12.9. The number of fused-ring (bicyclic) bond motifs is 6. The second-order valence-electron chi connectivity index (χ2n) is 16.9. The molecule has 0 N–H and O–H groups in total. The van der Waals surface area contributed by atoms with Gasteiger partial charge in [-0.25, -0.2) is 19.9 Å². The quantitative estimate of drug-likeness (QED) is 0.152. The van der Waals surface area contributed by atoms with E-state index in [4.69, 9.17) is 19.9 Å². The summed E-state index contributed by atoms with van der Waals surface area (Å²) in [6.45, 7) is 0. The zero-order chi connectivity index (χ0) is 45.0. The topological polar surface area (TPSA) is 51.6 Å². The lowest BCUT2D eigenvalue weighted by Gasteiger charge is -2.17. The molecule has 0 aliphatic heterocycles. The van der Waals surface area contributed by atoms with Gasteiger partial charge in [0.05, 0.1) is 11.4 Å². The van der Waals surface area contributed by atoms with Crippen LogP contribution in [0.15, 0.2) is 231 Å². The molecule has 0 spiro atoms. The van der Waals surface area contributed by atoms with Crippen LogP contribution in [0.4, 0.5) is 0 Å². The molecule has 9 aromatic carbocycles. The molecule has 4 aromatic heterocycles. The van der Waals surface area contributed by atoms with E-state index in [0.29, 0.717) is 11.6 Å². The Kier molecular flexibility index (Phi) is 9.85. The maximum atomic E-state index is 5.50. The summed E-state index contributed by atoms with van der Waals surface area (Å²) in [5.41, 5.74) is 14.8. The average molecular weight is 903 g/mol. The smallest absolute Gasteiger partial charge is 0.162 e. The molecule has 318 valence electrons. The maximum absolute atomic E-state index is 5.50. The van der Waals surface area contributed by atoms with E-state index in [1.54, 1.807) is 22.7 Å². The van der Waals surface area contributed by atoms with Crippen molar-refractivity contribution < 1.29 is 0 Å². The van der Waals surface area contributed by atoms with Crippen LogP contribution in [0.1, 0.15) is 0 Å². The fraction of sp³-hybridized carbons (Fsp3) is 0. The summed E-state index contributed by atoms with van der Waals surface area (Å²) < 4.78 is 2.38. The molecule has 68 heavy (non-hydrogen) atoms. The van der Waals surface area contributed by atoms with Crippen molar-refractivity contribution in [1.29, 1.82) is 0 Å². The van der Waals surface area contributed by atoms with Crippen molar-refractivity contribution in [2.45, 2.75) is 0 Å². The third kappa shape index (κ3) is 6.97. The van der Waals surface area contributed by atoms with Gasteiger partial charge in [-0.3, -0.25) is 0 Å². The lowest BCUT2D eigenvalue weighted by molar-refractivity contribution is 1.24. The molecule has 13 aromatic rings. The molecule has 0 saturated heterocycles. The van der Waals surface area contributed by atoms with E-state index in [1.165, 1.54) is 42.4 Å². The highest BCUT2D eigenvalue weighted by Crippen LogP contribution is 2.45. The highest BCUT2D eigenvalue weighted by molar-refractivity contribution is 7.26. The Balaban J connectivity index is 0.960. The number of aromatic nitrogens is 4. The lowest BCUT2D eigenvalue weighted by atomic mass is 9.89. The number of rotatable bonds is 8. The zero-order valence-electron chi connectivity index (χ0n) is 36.5. The summed E-state index contributed by atoms with van der Waals surface area (Å²) in [5, 5.41) is 4.49. The number of nitrogens with zero attached hydrogens (tertiary/aromatic N) is 4. The van der Waals surface area contributed by atoms with Gasteiger partial charge in [0.15, 0.2) is 11.6 Å². The van der Waals surface area contributed by atoms with Crippen molar-refractivity contribution in [3.05, 3.63) is 231 Å². The van der Waals surface area contributed by atoms with Gasteiger partial charge in [-0.05, 0) is 56.6 Å². The van der Waals surface area contributed by atoms with Gasteiger partial charge in [0.2, 0.25) is 0 Å². The Morgan fingerprint density at radius 1 is 0.235 bits per heavy atom. The third-order valence-corrected chi connectivity index (χ3v) is 15.0. The summed E-state index contributed by atoms with van der Waals surface area (Å²) in [5.74, 6) is 1.37. The van der Waals surface area contributed by atoms with Gasteiger partial charge < -0.3 is 0 Å². The molecule has 0 bridgehead atoms. The first kappa shape index (κ1) is 39.9. The van der Waals surface area contributed by atoms with Gasteiger partial charge in [-0.15, -0.1) is 22.7 Å². The number of hydrogen-bond acceptors (Lipinski definition) is 6. The van der Waals surface area contributed by atoms with Gasteiger partial charge in [0.1, 0.15) is 9.66 Å². The van der Waals surface area contributed by atoms with E-state index in [0.717, 1.165) is 76.3 Å². The van der Waals surface area contributed by atoms with E-state index < -0.39 is 0 Å². The van der Waals surface area contributed by atoms with Crippen LogP contribution < -0.4 is 0 Å². The van der Waals surface area contributed by atoms with Gasteiger partial charge in [0.25, 0.3) is 0 Å². The normalized spacial score (nSPS) is 11.5. The molecule has 0 radical (unpaired) electrons. The molecular weight excluding hydrogens is 865 g/mol. The molecule has 0 aliphatic rings. The second-order valence-corrected chi connectivity index (χ2v) is 18.9. The van der Waals surface area contributed by atoms with Crippen molar-refractivity contribution in [2.24, 2.45) is 0 Å². The predicted molar refractivity (Wildman–Crippen MR) is 287 cm³/mol. The standard InChI is InChI=1S/C62H38N4S2/c1-3-17-39(18-4-1)41-31-35-43(36-32-41)57-55-51-27-13-15-29-53(51)67-61(55)65-59(63-57)49-25-11-9-23-47(49)45-21-7-8-22-46(45)48-24-10-12-26-50(48)60-64-58(56-52-28-14-16-30-54(52)68-62(56)66-60)44-37-33-42(34-38-44)40-19-5-2-6-20-40/h1-38H. The van der Waals surface area contributed by atoms with E-state index in [9.17, 15) is 0 Å². The summed E-state index contributed by atoms with van der Waals surface area (Å²) in [7, 11) is 0. The summed E-state index contributed by atoms with van der Waals surface area (Å²) in [6.07, 6.45) is 0. The average Bonchev–Trinajstić information content (AvgIpc) is 3.99. The first-order valence-corrected chi connectivity index (χ1v) is 24.3.